The largest absolute Gasteiger partial charge is 0.374 e. The van der Waals surface area contributed by atoms with Crippen LogP contribution in [-0.4, -0.2) is 55.6 Å². The van der Waals surface area contributed by atoms with Crippen molar-refractivity contribution >= 4 is 11.3 Å². The van der Waals surface area contributed by atoms with Gasteiger partial charge in [-0.25, -0.2) is 4.98 Å². The summed E-state index contributed by atoms with van der Waals surface area (Å²) in [5.74, 6) is 1.29. The van der Waals surface area contributed by atoms with Crippen LogP contribution in [-0.2, 0) is 17.8 Å². The molecule has 1 unspecified atom stereocenters. The molecule has 1 aliphatic rings. The molecule has 4 heterocycles. The highest BCUT2D eigenvalue weighted by Gasteiger charge is 2.23. The maximum absolute atomic E-state index is 5.79. The monoisotopic (exact) mass is 332 g/mol. The summed E-state index contributed by atoms with van der Waals surface area (Å²) in [7, 11) is 0. The van der Waals surface area contributed by atoms with Gasteiger partial charge in [-0.05, 0) is 11.4 Å². The fourth-order valence-corrected chi connectivity index (χ4v) is 3.24. The van der Waals surface area contributed by atoms with E-state index in [1.165, 1.54) is 6.33 Å². The van der Waals surface area contributed by atoms with Crippen molar-refractivity contribution in [1.29, 1.82) is 0 Å². The van der Waals surface area contributed by atoms with E-state index in [1.807, 2.05) is 17.5 Å². The third-order valence-corrected chi connectivity index (χ3v) is 4.51. The van der Waals surface area contributed by atoms with Crippen molar-refractivity contribution in [3.8, 4) is 10.7 Å². The molecule has 9 heteroatoms. The van der Waals surface area contributed by atoms with Crippen LogP contribution in [0.4, 0.5) is 0 Å². The predicted octanol–water partition coefficient (Wildman–Crippen LogP) is 1.29. The van der Waals surface area contributed by atoms with E-state index in [9.17, 15) is 0 Å². The minimum absolute atomic E-state index is 0.0881. The SMILES string of the molecule is c1csc(-c2noc(CN3CCOC(Cn4cncn4)C3)n2)c1. The number of thiophene rings is 1. The Kier molecular flexibility index (Phi) is 4.14. The van der Waals surface area contributed by atoms with E-state index in [1.54, 1.807) is 22.3 Å². The van der Waals surface area contributed by atoms with Gasteiger partial charge < -0.3 is 9.26 Å². The molecule has 8 nitrogen and oxygen atoms in total. The first-order valence-electron chi connectivity index (χ1n) is 7.39. The van der Waals surface area contributed by atoms with Gasteiger partial charge in [0.25, 0.3) is 0 Å². The van der Waals surface area contributed by atoms with E-state index in [2.05, 4.69) is 25.1 Å². The molecule has 1 saturated heterocycles. The topological polar surface area (TPSA) is 82.1 Å². The van der Waals surface area contributed by atoms with Crippen LogP contribution in [0.3, 0.4) is 0 Å². The second-order valence-corrected chi connectivity index (χ2v) is 6.28. The van der Waals surface area contributed by atoms with Gasteiger partial charge in [-0.2, -0.15) is 10.1 Å². The van der Waals surface area contributed by atoms with E-state index in [-0.39, 0.29) is 6.10 Å². The first kappa shape index (κ1) is 14.5. The molecule has 0 radical (unpaired) electrons. The third-order valence-electron chi connectivity index (χ3n) is 3.65. The molecule has 0 aliphatic carbocycles. The predicted molar refractivity (Wildman–Crippen MR) is 82.7 cm³/mol. The maximum Gasteiger partial charge on any atom is 0.241 e. The molecule has 0 amide bonds. The van der Waals surface area contributed by atoms with Gasteiger partial charge in [0.05, 0.1) is 30.7 Å². The van der Waals surface area contributed by atoms with Gasteiger partial charge in [0.2, 0.25) is 11.7 Å². The lowest BCUT2D eigenvalue weighted by molar-refractivity contribution is -0.0426. The Morgan fingerprint density at radius 1 is 1.39 bits per heavy atom. The molecule has 0 saturated carbocycles. The van der Waals surface area contributed by atoms with E-state index in [0.29, 0.717) is 31.4 Å². The van der Waals surface area contributed by atoms with Crippen LogP contribution in [0.25, 0.3) is 10.7 Å². The Morgan fingerprint density at radius 3 is 3.22 bits per heavy atom. The van der Waals surface area contributed by atoms with Gasteiger partial charge in [-0.15, -0.1) is 11.3 Å². The van der Waals surface area contributed by atoms with Crippen molar-refractivity contribution in [2.45, 2.75) is 19.2 Å². The molecule has 0 bridgehead atoms. The number of rotatable bonds is 5. The van der Waals surface area contributed by atoms with E-state index in [4.69, 9.17) is 9.26 Å². The quantitative estimate of drug-likeness (QED) is 0.696. The molecule has 0 aromatic carbocycles. The number of morpholine rings is 1. The van der Waals surface area contributed by atoms with E-state index < -0.39 is 0 Å². The van der Waals surface area contributed by atoms with Crippen LogP contribution in [0.15, 0.2) is 34.7 Å². The van der Waals surface area contributed by atoms with Gasteiger partial charge in [0, 0.05) is 13.1 Å². The highest BCUT2D eigenvalue weighted by atomic mass is 32.1. The summed E-state index contributed by atoms with van der Waals surface area (Å²) >= 11 is 1.60. The Balaban J connectivity index is 1.37. The van der Waals surface area contributed by atoms with Crippen molar-refractivity contribution in [3.05, 3.63) is 36.1 Å². The van der Waals surface area contributed by atoms with Crippen molar-refractivity contribution in [3.63, 3.8) is 0 Å². The summed E-state index contributed by atoms with van der Waals surface area (Å²) in [5.41, 5.74) is 0. The van der Waals surface area contributed by atoms with Gasteiger partial charge in [0.1, 0.15) is 12.7 Å². The number of ether oxygens (including phenoxy) is 1. The Labute approximate surface area is 136 Å². The number of hydrogen-bond donors (Lipinski definition) is 0. The van der Waals surface area contributed by atoms with E-state index in [0.717, 1.165) is 18.0 Å². The smallest absolute Gasteiger partial charge is 0.241 e. The minimum Gasteiger partial charge on any atom is -0.374 e. The Morgan fingerprint density at radius 2 is 2.39 bits per heavy atom. The molecule has 120 valence electrons. The van der Waals surface area contributed by atoms with Crippen molar-refractivity contribution in [2.75, 3.05) is 19.7 Å². The highest BCUT2D eigenvalue weighted by Crippen LogP contribution is 2.21. The van der Waals surface area contributed by atoms with Crippen LogP contribution >= 0.6 is 11.3 Å². The first-order chi connectivity index (χ1) is 11.4. The Hall–Kier alpha value is -2.10. The molecule has 1 aliphatic heterocycles. The standard InChI is InChI=1S/C14H16N6O2S/c1-2-12(23-5-1)14-17-13(22-18-14)8-19-3-4-21-11(6-19)7-20-10-15-9-16-20/h1-2,5,9-11H,3-4,6-8H2. The average molecular weight is 332 g/mol. The summed E-state index contributed by atoms with van der Waals surface area (Å²) in [5, 5.41) is 10.2. The second kappa shape index (κ2) is 6.57. The van der Waals surface area contributed by atoms with Crippen molar-refractivity contribution < 1.29 is 9.26 Å². The van der Waals surface area contributed by atoms with Gasteiger partial charge in [0.15, 0.2) is 0 Å². The molecule has 1 fully saturated rings. The van der Waals surface area contributed by atoms with Crippen LogP contribution in [0.2, 0.25) is 0 Å². The fourth-order valence-electron chi connectivity index (χ4n) is 2.59. The van der Waals surface area contributed by atoms with Crippen molar-refractivity contribution in [1.82, 2.24) is 29.8 Å². The van der Waals surface area contributed by atoms with Crippen molar-refractivity contribution in [2.24, 2.45) is 0 Å². The third kappa shape index (κ3) is 3.46. The number of nitrogens with zero attached hydrogens (tertiary/aromatic N) is 6. The normalized spacial score (nSPS) is 19.2. The number of aromatic nitrogens is 5. The zero-order chi connectivity index (χ0) is 15.5. The van der Waals surface area contributed by atoms with Crippen LogP contribution in [0.1, 0.15) is 5.89 Å². The molecule has 0 N–H and O–H groups in total. The van der Waals surface area contributed by atoms with Crippen LogP contribution < -0.4 is 0 Å². The van der Waals surface area contributed by atoms with Gasteiger partial charge in [-0.3, -0.25) is 9.58 Å². The number of hydrogen-bond acceptors (Lipinski definition) is 8. The lowest BCUT2D eigenvalue weighted by atomic mass is 10.2. The van der Waals surface area contributed by atoms with E-state index >= 15 is 0 Å². The molecule has 3 aromatic heterocycles. The van der Waals surface area contributed by atoms with Crippen LogP contribution in [0.5, 0.6) is 0 Å². The summed E-state index contributed by atoms with van der Waals surface area (Å²) in [6, 6.07) is 3.97. The molecule has 1 atom stereocenters. The summed E-state index contributed by atoms with van der Waals surface area (Å²) in [6.07, 6.45) is 3.32. The Bertz CT molecular complexity index is 726. The lowest BCUT2D eigenvalue weighted by Crippen LogP contribution is -2.43. The fraction of sp³-hybridized carbons (Fsp3) is 0.429. The zero-order valence-corrected chi connectivity index (χ0v) is 13.2. The minimum atomic E-state index is 0.0881. The first-order valence-corrected chi connectivity index (χ1v) is 8.27. The molecule has 0 spiro atoms. The van der Waals surface area contributed by atoms with Gasteiger partial charge >= 0.3 is 0 Å². The lowest BCUT2D eigenvalue weighted by Gasteiger charge is -2.31. The zero-order valence-electron chi connectivity index (χ0n) is 12.4. The second-order valence-electron chi connectivity index (χ2n) is 5.33. The average Bonchev–Trinajstić information content (AvgIpc) is 3.30. The summed E-state index contributed by atoms with van der Waals surface area (Å²) < 4.78 is 12.9. The van der Waals surface area contributed by atoms with Gasteiger partial charge in [-0.1, -0.05) is 11.2 Å². The van der Waals surface area contributed by atoms with Crippen LogP contribution in [0, 0.1) is 0 Å². The molecule has 3 aromatic rings. The molecule has 4 rings (SSSR count). The summed E-state index contributed by atoms with van der Waals surface area (Å²) in [6.45, 7) is 3.67. The summed E-state index contributed by atoms with van der Waals surface area (Å²) in [4.78, 5) is 11.7. The molecular formula is C14H16N6O2S. The maximum atomic E-state index is 5.79. The molecular weight excluding hydrogens is 316 g/mol. The molecule has 23 heavy (non-hydrogen) atoms. The highest BCUT2D eigenvalue weighted by molar-refractivity contribution is 7.13.